The van der Waals surface area contributed by atoms with E-state index in [2.05, 4.69) is 5.32 Å². The van der Waals surface area contributed by atoms with Crippen LogP contribution in [0.4, 0.5) is 5.69 Å². The lowest BCUT2D eigenvalue weighted by Crippen LogP contribution is -2.27. The number of nitro benzene ring substituents is 1. The molecule has 2 N–H and O–H groups in total. The summed E-state index contributed by atoms with van der Waals surface area (Å²) in [5, 5.41) is 22.8. The number of carbonyl (C=O) groups is 1. The molecule has 0 bridgehead atoms. The Morgan fingerprint density at radius 3 is 2.79 bits per heavy atom. The van der Waals surface area contributed by atoms with Crippen molar-refractivity contribution in [3.63, 3.8) is 0 Å². The number of hydrogen-bond donors (Lipinski definition) is 2. The fourth-order valence-electron chi connectivity index (χ4n) is 1.61. The van der Waals surface area contributed by atoms with Crippen molar-refractivity contribution in [1.82, 2.24) is 5.32 Å². The summed E-state index contributed by atoms with van der Waals surface area (Å²) in [6.07, 6.45) is 0.662. The van der Waals surface area contributed by atoms with Crippen LogP contribution >= 0.6 is 0 Å². The van der Waals surface area contributed by atoms with E-state index in [1.165, 1.54) is 6.07 Å². The fourth-order valence-corrected chi connectivity index (χ4v) is 1.61. The summed E-state index contributed by atoms with van der Waals surface area (Å²) < 4.78 is 0. The van der Waals surface area contributed by atoms with Gasteiger partial charge in [0.1, 0.15) is 0 Å². The predicted octanol–water partition coefficient (Wildman–Crippen LogP) is 1.79. The number of aliphatic hydroxyl groups is 1. The van der Waals surface area contributed by atoms with Gasteiger partial charge in [0.25, 0.3) is 11.6 Å². The summed E-state index contributed by atoms with van der Waals surface area (Å²) >= 11 is 0. The normalized spacial score (nSPS) is 11.9. The zero-order valence-corrected chi connectivity index (χ0v) is 11.0. The van der Waals surface area contributed by atoms with Crippen molar-refractivity contribution in [2.45, 2.75) is 32.8 Å². The minimum atomic E-state index is -0.507. The smallest absolute Gasteiger partial charge is 0.273 e. The van der Waals surface area contributed by atoms with Crippen molar-refractivity contribution in [3.8, 4) is 0 Å². The van der Waals surface area contributed by atoms with Crippen LogP contribution in [0.2, 0.25) is 0 Å². The van der Waals surface area contributed by atoms with Gasteiger partial charge in [0.05, 0.1) is 11.0 Å². The molecule has 1 atom stereocenters. The highest BCUT2D eigenvalue weighted by Crippen LogP contribution is 2.19. The van der Waals surface area contributed by atoms with Gasteiger partial charge in [-0.25, -0.2) is 0 Å². The third kappa shape index (κ3) is 4.33. The number of amides is 1. The molecule has 0 saturated carbocycles. The molecule has 0 radical (unpaired) electrons. The molecule has 0 fully saturated rings. The first-order valence-corrected chi connectivity index (χ1v) is 6.17. The van der Waals surface area contributed by atoms with Gasteiger partial charge in [0.2, 0.25) is 0 Å². The van der Waals surface area contributed by atoms with Gasteiger partial charge in [0.15, 0.2) is 0 Å². The first-order valence-electron chi connectivity index (χ1n) is 6.17. The number of aliphatic hydroxyl groups excluding tert-OH is 1. The molecule has 6 nitrogen and oxygen atoms in total. The molecule has 0 aromatic heterocycles. The molecular weight excluding hydrogens is 248 g/mol. The highest BCUT2D eigenvalue weighted by atomic mass is 16.6. The number of hydrogen-bond acceptors (Lipinski definition) is 4. The standard InChI is InChI=1S/C13H18N2O4/c1-3-11(16)6-7-14-13(17)10-5-4-9(2)12(8-10)15(18)19/h4-5,8,11,16H,3,6-7H2,1-2H3,(H,14,17). The molecule has 0 spiro atoms. The van der Waals surface area contributed by atoms with Gasteiger partial charge in [-0.1, -0.05) is 13.0 Å². The van der Waals surface area contributed by atoms with Gasteiger partial charge < -0.3 is 10.4 Å². The van der Waals surface area contributed by atoms with Gasteiger partial charge in [-0.3, -0.25) is 14.9 Å². The minimum Gasteiger partial charge on any atom is -0.393 e. The third-order valence-electron chi connectivity index (χ3n) is 2.90. The van der Waals surface area contributed by atoms with E-state index in [1.54, 1.807) is 19.1 Å². The average molecular weight is 266 g/mol. The van der Waals surface area contributed by atoms with E-state index in [-0.39, 0.29) is 17.2 Å². The zero-order chi connectivity index (χ0) is 14.4. The van der Waals surface area contributed by atoms with Crippen LogP contribution < -0.4 is 5.32 Å². The third-order valence-corrected chi connectivity index (χ3v) is 2.90. The lowest BCUT2D eigenvalue weighted by atomic mass is 10.1. The van der Waals surface area contributed by atoms with Gasteiger partial charge in [-0.15, -0.1) is 0 Å². The molecule has 6 heteroatoms. The first-order chi connectivity index (χ1) is 8.95. The Labute approximate surface area is 111 Å². The number of benzene rings is 1. The summed E-state index contributed by atoms with van der Waals surface area (Å²) in [4.78, 5) is 22.1. The molecule has 1 aromatic rings. The second-order valence-corrected chi connectivity index (χ2v) is 4.37. The summed E-state index contributed by atoms with van der Waals surface area (Å²) in [5.74, 6) is -0.369. The van der Waals surface area contributed by atoms with Crippen molar-refractivity contribution in [1.29, 1.82) is 0 Å². The largest absolute Gasteiger partial charge is 0.393 e. The van der Waals surface area contributed by atoms with Crippen molar-refractivity contribution < 1.29 is 14.8 Å². The van der Waals surface area contributed by atoms with Crippen LogP contribution in [-0.2, 0) is 0 Å². The number of nitrogens with zero attached hydrogens (tertiary/aromatic N) is 1. The van der Waals surface area contributed by atoms with E-state index in [1.807, 2.05) is 6.92 Å². The van der Waals surface area contributed by atoms with Crippen LogP contribution in [0.25, 0.3) is 0 Å². The lowest BCUT2D eigenvalue weighted by Gasteiger charge is -2.09. The average Bonchev–Trinajstić information content (AvgIpc) is 2.38. The Morgan fingerprint density at radius 2 is 2.21 bits per heavy atom. The number of aryl methyl sites for hydroxylation is 1. The molecule has 0 saturated heterocycles. The van der Waals surface area contributed by atoms with Crippen LogP contribution in [0, 0.1) is 17.0 Å². The van der Waals surface area contributed by atoms with E-state index in [0.29, 0.717) is 24.9 Å². The topological polar surface area (TPSA) is 92.5 Å². The van der Waals surface area contributed by atoms with Crippen molar-refractivity contribution in [2.24, 2.45) is 0 Å². The fraction of sp³-hybridized carbons (Fsp3) is 0.462. The van der Waals surface area contributed by atoms with Gasteiger partial charge in [-0.05, 0) is 25.8 Å². The second kappa shape index (κ2) is 6.84. The van der Waals surface area contributed by atoms with Crippen LogP contribution in [0.5, 0.6) is 0 Å². The summed E-state index contributed by atoms with van der Waals surface area (Å²) in [5.41, 5.74) is 0.701. The Kier molecular flexibility index (Phi) is 5.44. The summed E-state index contributed by atoms with van der Waals surface area (Å²) in [7, 11) is 0. The van der Waals surface area contributed by atoms with E-state index in [9.17, 15) is 20.0 Å². The highest BCUT2D eigenvalue weighted by molar-refractivity contribution is 5.94. The maximum absolute atomic E-state index is 11.8. The quantitative estimate of drug-likeness (QED) is 0.606. The van der Waals surface area contributed by atoms with Gasteiger partial charge in [-0.2, -0.15) is 0 Å². The molecule has 0 aliphatic heterocycles. The monoisotopic (exact) mass is 266 g/mol. The molecule has 0 heterocycles. The van der Waals surface area contributed by atoms with E-state index >= 15 is 0 Å². The van der Waals surface area contributed by atoms with Crippen LogP contribution in [0.3, 0.4) is 0 Å². The Hall–Kier alpha value is -1.95. The van der Waals surface area contributed by atoms with E-state index < -0.39 is 11.0 Å². The Morgan fingerprint density at radius 1 is 1.53 bits per heavy atom. The molecule has 1 unspecified atom stereocenters. The molecule has 19 heavy (non-hydrogen) atoms. The maximum atomic E-state index is 11.8. The maximum Gasteiger partial charge on any atom is 0.273 e. The van der Waals surface area contributed by atoms with Crippen molar-refractivity contribution >= 4 is 11.6 Å². The van der Waals surface area contributed by atoms with Crippen LogP contribution in [0.15, 0.2) is 18.2 Å². The SMILES string of the molecule is CCC(O)CCNC(=O)c1ccc(C)c([N+](=O)[O-])c1. The molecule has 104 valence electrons. The predicted molar refractivity (Wildman–Crippen MR) is 71.1 cm³/mol. The molecule has 1 rings (SSSR count). The van der Waals surface area contributed by atoms with Gasteiger partial charge in [0, 0.05) is 23.7 Å². The number of carbonyl (C=O) groups excluding carboxylic acids is 1. The Balaban J connectivity index is 2.67. The summed E-state index contributed by atoms with van der Waals surface area (Å²) in [6, 6.07) is 4.36. The first kappa shape index (κ1) is 15.1. The number of nitrogens with one attached hydrogen (secondary N) is 1. The van der Waals surface area contributed by atoms with Crippen LogP contribution in [0.1, 0.15) is 35.7 Å². The summed E-state index contributed by atoms with van der Waals surface area (Å²) in [6.45, 7) is 3.82. The Bertz CT molecular complexity index is 474. The molecule has 0 aliphatic carbocycles. The second-order valence-electron chi connectivity index (χ2n) is 4.37. The van der Waals surface area contributed by atoms with Crippen molar-refractivity contribution in [2.75, 3.05) is 6.54 Å². The lowest BCUT2D eigenvalue weighted by molar-refractivity contribution is -0.385. The molecule has 0 aliphatic rings. The highest BCUT2D eigenvalue weighted by Gasteiger charge is 2.14. The molecular formula is C13H18N2O4. The molecule has 1 amide bonds. The number of nitro groups is 1. The van der Waals surface area contributed by atoms with E-state index in [4.69, 9.17) is 0 Å². The van der Waals surface area contributed by atoms with E-state index in [0.717, 1.165) is 0 Å². The van der Waals surface area contributed by atoms with Gasteiger partial charge >= 0.3 is 0 Å². The molecule has 1 aromatic carbocycles. The minimum absolute atomic E-state index is 0.0683. The van der Waals surface area contributed by atoms with Crippen molar-refractivity contribution in [3.05, 3.63) is 39.4 Å². The van der Waals surface area contributed by atoms with Crippen LogP contribution in [-0.4, -0.2) is 28.6 Å². The number of rotatable bonds is 6. The zero-order valence-electron chi connectivity index (χ0n) is 11.0.